The third-order valence-corrected chi connectivity index (χ3v) is 2.99. The fourth-order valence-corrected chi connectivity index (χ4v) is 1.72. The second-order valence-corrected chi connectivity index (χ2v) is 4.27. The first kappa shape index (κ1) is 6.52. The van der Waals surface area contributed by atoms with Crippen molar-refractivity contribution in [1.82, 2.24) is 25.5 Å². The predicted molar refractivity (Wildman–Crippen MR) is 75.7 cm³/mol. The van der Waals surface area contributed by atoms with Gasteiger partial charge in [-0.1, -0.05) is 29.3 Å². The SMILES string of the molecule is [2H]C([2H])([2H])NC([2H])([2H])CC([2H])(c1ccc(Cl)c(Cl)c1)n1nnc(C([2H])([2H])[2H])n1. The van der Waals surface area contributed by atoms with Crippen LogP contribution >= 0.6 is 23.2 Å². The summed E-state index contributed by atoms with van der Waals surface area (Å²) in [6.07, 6.45) is -0.812. The molecule has 1 aromatic heterocycles. The van der Waals surface area contributed by atoms with Crippen molar-refractivity contribution in [2.24, 2.45) is 0 Å². The summed E-state index contributed by atoms with van der Waals surface area (Å²) in [6, 6.07) is 1.79. The predicted octanol–water partition coefficient (Wildman–Crippen LogP) is 2.49. The van der Waals surface area contributed by atoms with Crippen molar-refractivity contribution in [2.45, 2.75) is 19.3 Å². The van der Waals surface area contributed by atoms with E-state index in [2.05, 4.69) is 15.4 Å². The molecule has 19 heavy (non-hydrogen) atoms. The standard InChI is InChI=1S/C12H15Cl2N5/c1-8-16-18-19(17-8)12(5-6-15-2)9-3-4-10(13)11(14)7-9/h3-4,7,12,15H,5-6H2,1-2H3/i1D3,2D3,6D2,12D. The van der Waals surface area contributed by atoms with Gasteiger partial charge >= 0.3 is 0 Å². The highest BCUT2D eigenvalue weighted by Crippen LogP contribution is 2.28. The summed E-state index contributed by atoms with van der Waals surface area (Å²) in [5.41, 5.74) is 0.0487. The third-order valence-electron chi connectivity index (χ3n) is 2.25. The average Bonchev–Trinajstić information content (AvgIpc) is 2.97. The number of tetrazole rings is 1. The molecule has 102 valence electrons. The Morgan fingerprint density at radius 2 is 2.42 bits per heavy atom. The lowest BCUT2D eigenvalue weighted by Crippen LogP contribution is -2.20. The molecule has 0 aliphatic carbocycles. The molecule has 7 heteroatoms. The van der Waals surface area contributed by atoms with E-state index >= 15 is 0 Å². The van der Waals surface area contributed by atoms with Gasteiger partial charge in [-0.3, -0.25) is 0 Å². The van der Waals surface area contributed by atoms with Crippen LogP contribution in [0.4, 0.5) is 0 Å². The van der Waals surface area contributed by atoms with Crippen molar-refractivity contribution in [1.29, 1.82) is 0 Å². The highest BCUT2D eigenvalue weighted by atomic mass is 35.5. The molecular weight excluding hydrogens is 285 g/mol. The van der Waals surface area contributed by atoms with Gasteiger partial charge in [0.25, 0.3) is 0 Å². The van der Waals surface area contributed by atoms with Crippen molar-refractivity contribution >= 4 is 23.2 Å². The van der Waals surface area contributed by atoms with Gasteiger partial charge in [0.05, 0.1) is 17.4 Å². The Hall–Kier alpha value is -1.17. The molecule has 0 aliphatic heterocycles. The lowest BCUT2D eigenvalue weighted by atomic mass is 10.0. The minimum atomic E-state index is -2.83. The van der Waals surface area contributed by atoms with Crippen LogP contribution in [0.15, 0.2) is 18.2 Å². The number of halogens is 2. The smallest absolute Gasteiger partial charge is 0.171 e. The summed E-state index contributed by atoms with van der Waals surface area (Å²) in [5, 5.41) is 12.7. The zero-order valence-electron chi connectivity index (χ0n) is 18.5. The Morgan fingerprint density at radius 3 is 3.11 bits per heavy atom. The normalized spacial score (nSPS) is 23.4. The maximum absolute atomic E-state index is 8.80. The summed E-state index contributed by atoms with van der Waals surface area (Å²) in [5.74, 6) is -0.645. The highest BCUT2D eigenvalue weighted by molar-refractivity contribution is 6.42. The van der Waals surface area contributed by atoms with Crippen molar-refractivity contribution in [3.63, 3.8) is 0 Å². The minimum Gasteiger partial charge on any atom is -0.320 e. The fourth-order valence-electron chi connectivity index (χ4n) is 1.42. The van der Waals surface area contributed by atoms with E-state index in [1.165, 1.54) is 18.2 Å². The lowest BCUT2D eigenvalue weighted by Gasteiger charge is -2.16. The number of aromatic nitrogens is 4. The van der Waals surface area contributed by atoms with Gasteiger partial charge in [0, 0.05) is 11.0 Å². The molecule has 0 aliphatic rings. The van der Waals surface area contributed by atoms with Crippen LogP contribution in [-0.4, -0.2) is 33.7 Å². The van der Waals surface area contributed by atoms with Crippen LogP contribution in [0, 0.1) is 6.85 Å². The molecule has 0 saturated carbocycles. The highest BCUT2D eigenvalue weighted by Gasteiger charge is 2.17. The molecule has 5 nitrogen and oxygen atoms in total. The van der Waals surface area contributed by atoms with E-state index in [1.807, 2.05) is 5.32 Å². The molecular formula is C12H15Cl2N5. The van der Waals surface area contributed by atoms with Crippen LogP contribution in [0.5, 0.6) is 0 Å². The molecule has 1 heterocycles. The van der Waals surface area contributed by atoms with E-state index in [4.69, 9.17) is 35.5 Å². The summed E-state index contributed by atoms with van der Waals surface area (Å²) in [7, 11) is 0. The van der Waals surface area contributed by atoms with Crippen LogP contribution in [0.1, 0.15) is 36.2 Å². The molecule has 0 fully saturated rings. The Bertz CT molecular complexity index is 851. The van der Waals surface area contributed by atoms with Crippen LogP contribution in [-0.2, 0) is 0 Å². The monoisotopic (exact) mass is 308 g/mol. The number of rotatable bonds is 5. The number of hydrogen-bond acceptors (Lipinski definition) is 4. The van der Waals surface area contributed by atoms with Gasteiger partial charge in [-0.25, -0.2) is 0 Å². The van der Waals surface area contributed by atoms with E-state index in [0.29, 0.717) is 4.80 Å². The van der Waals surface area contributed by atoms with Gasteiger partial charge in [-0.2, -0.15) is 4.80 Å². The summed E-state index contributed by atoms with van der Waals surface area (Å²) >= 11 is 11.9. The lowest BCUT2D eigenvalue weighted by molar-refractivity contribution is 0.421. The number of hydrogen-bond donors (Lipinski definition) is 1. The van der Waals surface area contributed by atoms with Crippen LogP contribution in [0.3, 0.4) is 0 Å². The van der Waals surface area contributed by atoms with Crippen molar-refractivity contribution < 1.29 is 12.3 Å². The second kappa shape index (κ2) is 6.32. The summed E-state index contributed by atoms with van der Waals surface area (Å²) in [4.78, 5) is 0.604. The van der Waals surface area contributed by atoms with Gasteiger partial charge in [0.1, 0.15) is 0 Å². The first-order valence-electron chi connectivity index (χ1n) is 9.59. The van der Waals surface area contributed by atoms with Gasteiger partial charge in [-0.05, 0) is 49.7 Å². The quantitative estimate of drug-likeness (QED) is 0.922. The van der Waals surface area contributed by atoms with E-state index in [0.717, 1.165) is 0 Å². The summed E-state index contributed by atoms with van der Waals surface area (Å²) in [6.45, 7) is -8.12. The maximum atomic E-state index is 8.80. The molecule has 1 aromatic carbocycles. The van der Waals surface area contributed by atoms with Gasteiger partial charge in [0.2, 0.25) is 0 Å². The molecule has 0 bridgehead atoms. The van der Waals surface area contributed by atoms with Crippen LogP contribution in [0.2, 0.25) is 10.0 Å². The van der Waals surface area contributed by atoms with Crippen LogP contribution < -0.4 is 5.32 Å². The fraction of sp³-hybridized carbons (Fsp3) is 0.417. The van der Waals surface area contributed by atoms with Crippen molar-refractivity contribution in [2.75, 3.05) is 13.5 Å². The first-order valence-corrected chi connectivity index (χ1v) is 5.85. The zero-order valence-corrected chi connectivity index (χ0v) is 11.0. The molecule has 0 amide bonds. The van der Waals surface area contributed by atoms with E-state index in [9.17, 15) is 0 Å². The topological polar surface area (TPSA) is 55.6 Å². The first-order chi connectivity index (χ1) is 12.5. The minimum absolute atomic E-state index is 0.0487. The summed E-state index contributed by atoms with van der Waals surface area (Å²) < 4.78 is 68.4. The van der Waals surface area contributed by atoms with Gasteiger partial charge < -0.3 is 5.32 Å². The van der Waals surface area contributed by atoms with Crippen molar-refractivity contribution in [3.05, 3.63) is 39.6 Å². The van der Waals surface area contributed by atoms with E-state index in [-0.39, 0.29) is 15.6 Å². The zero-order chi connectivity index (χ0) is 21.5. The van der Waals surface area contributed by atoms with Gasteiger partial charge in [-0.15, -0.1) is 10.2 Å². The molecule has 0 spiro atoms. The molecule has 2 aromatic rings. The van der Waals surface area contributed by atoms with Crippen molar-refractivity contribution in [3.8, 4) is 0 Å². The Labute approximate surface area is 134 Å². The average molecular weight is 309 g/mol. The Balaban J connectivity index is 2.58. The van der Waals surface area contributed by atoms with E-state index < -0.39 is 38.6 Å². The molecule has 0 saturated heterocycles. The third kappa shape index (κ3) is 3.43. The van der Waals surface area contributed by atoms with E-state index in [1.54, 1.807) is 0 Å². The molecule has 1 unspecified atom stereocenters. The van der Waals surface area contributed by atoms with Crippen LogP contribution in [0.25, 0.3) is 0 Å². The Kier molecular flexibility index (Phi) is 2.17. The molecule has 1 N–H and O–H groups in total. The van der Waals surface area contributed by atoms with Gasteiger partial charge in [0.15, 0.2) is 5.82 Å². The number of nitrogens with zero attached hydrogens (tertiary/aromatic N) is 4. The largest absolute Gasteiger partial charge is 0.320 e. The number of aryl methyl sites for hydroxylation is 1. The molecule has 1 atom stereocenters. The molecule has 0 radical (unpaired) electrons. The number of benzene rings is 1. The molecule has 2 rings (SSSR count). The maximum Gasteiger partial charge on any atom is 0.171 e. The number of nitrogens with one attached hydrogen (secondary N) is 1. The second-order valence-electron chi connectivity index (χ2n) is 3.46. The Morgan fingerprint density at radius 1 is 1.53 bits per heavy atom.